The lowest BCUT2D eigenvalue weighted by atomic mass is 9.73. The molecule has 2 atom stereocenters. The number of rotatable bonds is 5. The summed E-state index contributed by atoms with van der Waals surface area (Å²) in [5.41, 5.74) is 1.50. The van der Waals surface area contributed by atoms with Gasteiger partial charge in [-0.05, 0) is 53.0 Å². The minimum Gasteiger partial charge on any atom is -0.378 e. The Labute approximate surface area is 150 Å². The van der Waals surface area contributed by atoms with Crippen molar-refractivity contribution in [3.8, 4) is 0 Å². The minimum atomic E-state index is -0.0808. The number of carbonyl (C=O) groups excluding carboxylic acids is 1. The van der Waals surface area contributed by atoms with Crippen LogP contribution < -0.4 is 0 Å². The summed E-state index contributed by atoms with van der Waals surface area (Å²) in [6.45, 7) is 11.7. The second kappa shape index (κ2) is 7.46. The summed E-state index contributed by atoms with van der Waals surface area (Å²) in [5.74, 6) is 0.0791. The van der Waals surface area contributed by atoms with E-state index in [1.807, 2.05) is 24.8 Å². The Bertz CT molecular complexity index is 613. The van der Waals surface area contributed by atoms with Crippen molar-refractivity contribution >= 4 is 5.91 Å². The van der Waals surface area contributed by atoms with E-state index in [2.05, 4.69) is 18.9 Å². The average molecular weight is 349 g/mol. The van der Waals surface area contributed by atoms with E-state index >= 15 is 0 Å². The van der Waals surface area contributed by atoms with E-state index in [1.54, 1.807) is 4.68 Å². The zero-order valence-corrected chi connectivity index (χ0v) is 16.0. The third-order valence-electron chi connectivity index (χ3n) is 5.40. The van der Waals surface area contributed by atoms with Crippen molar-refractivity contribution < 1.29 is 14.3 Å². The van der Waals surface area contributed by atoms with Gasteiger partial charge in [0, 0.05) is 31.7 Å². The number of fused-ring (bicyclic) bond motifs is 1. The van der Waals surface area contributed by atoms with Crippen molar-refractivity contribution in [2.75, 3.05) is 26.3 Å². The smallest absolute Gasteiger partial charge is 0.272 e. The Kier molecular flexibility index (Phi) is 5.49. The SMILES string of the molecule is CCn1nc(C)cc1C(=O)N1CC[C@H]2OCCC[C@@]2(COC(C)C)C1. The standard InChI is InChI=1S/C19H31N3O3/c1-5-22-16(11-15(4)20-22)18(23)21-9-7-17-19(12-21,8-6-10-24-17)13-25-14(2)3/h11,14,17H,5-10,12-13H2,1-4H3/t17-,19+/m1/s1. The molecule has 0 aromatic carbocycles. The maximum atomic E-state index is 13.1. The summed E-state index contributed by atoms with van der Waals surface area (Å²) in [7, 11) is 0. The van der Waals surface area contributed by atoms with Crippen LogP contribution in [0, 0.1) is 12.3 Å². The first-order chi connectivity index (χ1) is 11.9. The van der Waals surface area contributed by atoms with Gasteiger partial charge in [-0.3, -0.25) is 9.48 Å². The minimum absolute atomic E-state index is 0.0791. The van der Waals surface area contributed by atoms with Crippen LogP contribution in [0.1, 0.15) is 56.2 Å². The highest BCUT2D eigenvalue weighted by molar-refractivity contribution is 5.92. The van der Waals surface area contributed by atoms with Crippen molar-refractivity contribution in [3.05, 3.63) is 17.5 Å². The van der Waals surface area contributed by atoms with Gasteiger partial charge in [-0.2, -0.15) is 5.10 Å². The number of likely N-dealkylation sites (tertiary alicyclic amines) is 1. The summed E-state index contributed by atoms with van der Waals surface area (Å²) in [6, 6.07) is 1.90. The van der Waals surface area contributed by atoms with Gasteiger partial charge in [-0.15, -0.1) is 0 Å². The number of nitrogens with zero attached hydrogens (tertiary/aromatic N) is 3. The van der Waals surface area contributed by atoms with E-state index in [-0.39, 0.29) is 23.5 Å². The highest BCUT2D eigenvalue weighted by atomic mass is 16.5. The highest BCUT2D eigenvalue weighted by Crippen LogP contribution is 2.41. The van der Waals surface area contributed by atoms with Crippen LogP contribution in [-0.4, -0.2) is 59.1 Å². The van der Waals surface area contributed by atoms with Gasteiger partial charge in [0.05, 0.1) is 24.5 Å². The van der Waals surface area contributed by atoms with Crippen LogP contribution in [0.2, 0.25) is 0 Å². The summed E-state index contributed by atoms with van der Waals surface area (Å²) >= 11 is 0. The average Bonchev–Trinajstić information content (AvgIpc) is 2.99. The van der Waals surface area contributed by atoms with Crippen molar-refractivity contribution in [3.63, 3.8) is 0 Å². The number of aryl methyl sites for hydroxylation is 2. The molecule has 0 spiro atoms. The normalized spacial score (nSPS) is 26.8. The molecule has 2 saturated heterocycles. The monoisotopic (exact) mass is 349 g/mol. The first kappa shape index (κ1) is 18.4. The fraction of sp³-hybridized carbons (Fsp3) is 0.789. The Balaban J connectivity index is 1.80. The molecule has 2 aliphatic rings. The van der Waals surface area contributed by atoms with E-state index in [1.165, 1.54) is 0 Å². The second-order valence-corrected chi connectivity index (χ2v) is 7.69. The molecule has 0 unspecified atom stereocenters. The molecule has 0 saturated carbocycles. The maximum Gasteiger partial charge on any atom is 0.272 e. The molecular weight excluding hydrogens is 318 g/mol. The van der Waals surface area contributed by atoms with Gasteiger partial charge in [0.1, 0.15) is 5.69 Å². The second-order valence-electron chi connectivity index (χ2n) is 7.69. The third-order valence-corrected chi connectivity index (χ3v) is 5.40. The molecule has 0 radical (unpaired) electrons. The Morgan fingerprint density at radius 1 is 1.52 bits per heavy atom. The van der Waals surface area contributed by atoms with Crippen LogP contribution in [0.3, 0.4) is 0 Å². The molecule has 3 rings (SSSR count). The number of piperidine rings is 1. The number of hydrogen-bond acceptors (Lipinski definition) is 4. The predicted octanol–water partition coefficient (Wildman–Crippen LogP) is 2.65. The zero-order valence-electron chi connectivity index (χ0n) is 16.0. The molecule has 3 heterocycles. The lowest BCUT2D eigenvalue weighted by molar-refractivity contribution is -0.152. The van der Waals surface area contributed by atoms with Crippen LogP contribution in [-0.2, 0) is 16.0 Å². The predicted molar refractivity (Wildman–Crippen MR) is 95.7 cm³/mol. The van der Waals surface area contributed by atoms with E-state index in [0.29, 0.717) is 25.4 Å². The van der Waals surface area contributed by atoms with Crippen molar-refractivity contribution in [1.82, 2.24) is 14.7 Å². The fourth-order valence-electron chi connectivity index (χ4n) is 4.13. The van der Waals surface area contributed by atoms with Crippen LogP contribution >= 0.6 is 0 Å². The Hall–Kier alpha value is -1.40. The van der Waals surface area contributed by atoms with Crippen LogP contribution in [0.15, 0.2) is 6.07 Å². The van der Waals surface area contributed by atoms with Gasteiger partial charge in [-0.1, -0.05) is 0 Å². The van der Waals surface area contributed by atoms with E-state index < -0.39 is 0 Å². The third kappa shape index (κ3) is 3.75. The van der Waals surface area contributed by atoms with Gasteiger partial charge in [-0.25, -0.2) is 0 Å². The summed E-state index contributed by atoms with van der Waals surface area (Å²) in [5, 5.41) is 4.42. The van der Waals surface area contributed by atoms with E-state index in [4.69, 9.17) is 9.47 Å². The molecule has 1 amide bonds. The van der Waals surface area contributed by atoms with Gasteiger partial charge in [0.2, 0.25) is 0 Å². The number of carbonyl (C=O) groups is 1. The van der Waals surface area contributed by atoms with Gasteiger partial charge < -0.3 is 14.4 Å². The largest absolute Gasteiger partial charge is 0.378 e. The number of ether oxygens (including phenoxy) is 2. The fourth-order valence-corrected chi connectivity index (χ4v) is 4.13. The van der Waals surface area contributed by atoms with Crippen molar-refractivity contribution in [2.45, 2.75) is 65.7 Å². The van der Waals surface area contributed by atoms with Crippen LogP contribution in [0.5, 0.6) is 0 Å². The van der Waals surface area contributed by atoms with Gasteiger partial charge in [0.25, 0.3) is 5.91 Å². The Morgan fingerprint density at radius 3 is 3.04 bits per heavy atom. The molecular formula is C19H31N3O3. The lowest BCUT2D eigenvalue weighted by Crippen LogP contribution is -2.58. The molecule has 6 heteroatoms. The number of amides is 1. The van der Waals surface area contributed by atoms with E-state index in [0.717, 1.165) is 38.1 Å². The summed E-state index contributed by atoms with van der Waals surface area (Å²) in [6.07, 6.45) is 3.35. The molecule has 0 aliphatic carbocycles. The summed E-state index contributed by atoms with van der Waals surface area (Å²) in [4.78, 5) is 15.1. The Morgan fingerprint density at radius 2 is 2.32 bits per heavy atom. The van der Waals surface area contributed by atoms with Gasteiger partial charge in [0.15, 0.2) is 0 Å². The molecule has 6 nitrogen and oxygen atoms in total. The molecule has 0 N–H and O–H groups in total. The molecule has 140 valence electrons. The number of aromatic nitrogens is 2. The summed E-state index contributed by atoms with van der Waals surface area (Å²) < 4.78 is 13.9. The first-order valence-electron chi connectivity index (χ1n) is 9.52. The quantitative estimate of drug-likeness (QED) is 0.820. The molecule has 2 fully saturated rings. The van der Waals surface area contributed by atoms with Crippen LogP contribution in [0.25, 0.3) is 0 Å². The first-order valence-corrected chi connectivity index (χ1v) is 9.52. The number of hydrogen-bond donors (Lipinski definition) is 0. The zero-order chi connectivity index (χ0) is 18.0. The molecule has 1 aromatic heterocycles. The molecule has 2 aliphatic heterocycles. The molecule has 0 bridgehead atoms. The van der Waals surface area contributed by atoms with Crippen molar-refractivity contribution in [2.24, 2.45) is 5.41 Å². The van der Waals surface area contributed by atoms with Crippen molar-refractivity contribution in [1.29, 1.82) is 0 Å². The van der Waals surface area contributed by atoms with Gasteiger partial charge >= 0.3 is 0 Å². The molecule has 25 heavy (non-hydrogen) atoms. The molecule has 1 aromatic rings. The highest BCUT2D eigenvalue weighted by Gasteiger charge is 2.47. The van der Waals surface area contributed by atoms with E-state index in [9.17, 15) is 4.79 Å². The maximum absolute atomic E-state index is 13.1. The van der Waals surface area contributed by atoms with Crippen LogP contribution in [0.4, 0.5) is 0 Å². The lowest BCUT2D eigenvalue weighted by Gasteiger charge is -2.50. The topological polar surface area (TPSA) is 56.6 Å².